The van der Waals surface area contributed by atoms with Gasteiger partial charge in [0.25, 0.3) is 5.91 Å². The molecule has 1 saturated heterocycles. The lowest BCUT2D eigenvalue weighted by atomic mass is 10.1. The molecule has 164 valence electrons. The maximum absolute atomic E-state index is 12.7. The molecule has 1 aromatic carbocycles. The minimum atomic E-state index is -0.780. The number of hydrogen-bond donors (Lipinski definition) is 2. The number of nitrogens with one attached hydrogen (secondary N) is 1. The van der Waals surface area contributed by atoms with Crippen molar-refractivity contribution in [2.24, 2.45) is 0 Å². The van der Waals surface area contributed by atoms with Crippen LogP contribution in [-0.2, 0) is 9.57 Å². The Bertz CT molecular complexity index is 971. The Kier molecular flexibility index (Phi) is 7.97. The highest BCUT2D eigenvalue weighted by Crippen LogP contribution is 2.26. The van der Waals surface area contributed by atoms with E-state index in [0.717, 1.165) is 0 Å². The first-order chi connectivity index (χ1) is 15.0. The zero-order valence-corrected chi connectivity index (χ0v) is 17.3. The van der Waals surface area contributed by atoms with Crippen LogP contribution in [0.2, 0.25) is 0 Å². The molecule has 1 aliphatic rings. The lowest BCUT2D eigenvalue weighted by molar-refractivity contribution is -0.0696. The summed E-state index contributed by atoms with van der Waals surface area (Å²) in [6, 6.07) is 6.88. The number of nitrogens with zero attached hydrogens (tertiary/aromatic N) is 3. The highest BCUT2D eigenvalue weighted by atomic mass is 35.5. The Morgan fingerprint density at radius 1 is 1.48 bits per heavy atom. The summed E-state index contributed by atoms with van der Waals surface area (Å²) in [7, 11) is 0. The number of hydrogen-bond acceptors (Lipinski definition) is 8. The molecule has 0 saturated carbocycles. The summed E-state index contributed by atoms with van der Waals surface area (Å²) in [5.74, 6) is 1.62. The summed E-state index contributed by atoms with van der Waals surface area (Å²) in [4.78, 5) is 26.3. The predicted molar refractivity (Wildman–Crippen MR) is 112 cm³/mol. The van der Waals surface area contributed by atoms with Crippen LogP contribution < -0.4 is 16.0 Å². The van der Waals surface area contributed by atoms with Crippen LogP contribution in [-0.4, -0.2) is 66.0 Å². The monoisotopic (exact) mass is 449 g/mol. The van der Waals surface area contributed by atoms with Gasteiger partial charge in [0.15, 0.2) is 5.82 Å². The molecule has 0 radical (unpaired) electrons. The number of aromatic nitrogens is 2. The Labute approximate surface area is 183 Å². The number of rotatable bonds is 8. The molecule has 1 amide bonds. The summed E-state index contributed by atoms with van der Waals surface area (Å²) in [5.41, 5.74) is 9.27. The van der Waals surface area contributed by atoms with Gasteiger partial charge in [0, 0.05) is 24.2 Å². The van der Waals surface area contributed by atoms with Crippen molar-refractivity contribution in [1.29, 1.82) is 0 Å². The van der Waals surface area contributed by atoms with Gasteiger partial charge in [0.1, 0.15) is 31.3 Å². The van der Waals surface area contributed by atoms with Gasteiger partial charge in [-0.2, -0.15) is 4.98 Å². The average molecular weight is 450 g/mol. The fraction of sp³-hybridized carbons (Fsp3) is 0.350. The SMILES string of the molecule is C#Cc1cccc(-c2nc(N)c(C(=O)NOCC3CN(Cl)CCO3)c(OCCF)n2)c1. The number of nitrogen functional groups attached to an aromatic ring is 1. The minimum Gasteiger partial charge on any atom is -0.474 e. The van der Waals surface area contributed by atoms with E-state index >= 15 is 0 Å². The molecule has 31 heavy (non-hydrogen) atoms. The first-order valence-electron chi connectivity index (χ1n) is 9.39. The molecule has 0 aliphatic carbocycles. The van der Waals surface area contributed by atoms with Gasteiger partial charge >= 0.3 is 0 Å². The van der Waals surface area contributed by atoms with E-state index in [-0.39, 0.29) is 42.4 Å². The van der Waals surface area contributed by atoms with E-state index in [9.17, 15) is 9.18 Å². The molecule has 0 bridgehead atoms. The Hall–Kier alpha value is -2.97. The molecule has 1 fully saturated rings. The van der Waals surface area contributed by atoms with Crippen molar-refractivity contribution in [2.45, 2.75) is 6.10 Å². The summed E-state index contributed by atoms with van der Waals surface area (Å²) in [6.07, 6.45) is 5.11. The van der Waals surface area contributed by atoms with Crippen molar-refractivity contribution in [3.8, 4) is 29.6 Å². The molecule has 2 aromatic rings. The topological polar surface area (TPSA) is 112 Å². The molecule has 3 N–H and O–H groups in total. The molecular formula is C20H21ClFN5O4. The third-order valence-corrected chi connectivity index (χ3v) is 4.56. The van der Waals surface area contributed by atoms with E-state index in [0.29, 0.717) is 30.8 Å². The van der Waals surface area contributed by atoms with E-state index < -0.39 is 12.6 Å². The van der Waals surface area contributed by atoms with Gasteiger partial charge in [-0.15, -0.1) is 6.42 Å². The second-order valence-electron chi connectivity index (χ2n) is 6.48. The number of alkyl halides is 1. The van der Waals surface area contributed by atoms with Gasteiger partial charge in [0.2, 0.25) is 5.88 Å². The van der Waals surface area contributed by atoms with Gasteiger partial charge < -0.3 is 15.2 Å². The molecule has 9 nitrogen and oxygen atoms in total. The molecule has 1 aliphatic heterocycles. The van der Waals surface area contributed by atoms with Crippen LogP contribution in [0, 0.1) is 12.3 Å². The summed E-state index contributed by atoms with van der Waals surface area (Å²) < 4.78 is 25.1. The number of carbonyl (C=O) groups excluding carboxylic acids is 1. The van der Waals surface area contributed by atoms with Crippen LogP contribution in [0.1, 0.15) is 15.9 Å². The van der Waals surface area contributed by atoms with Crippen LogP contribution >= 0.6 is 11.8 Å². The normalized spacial score (nSPS) is 16.5. The largest absolute Gasteiger partial charge is 0.474 e. The van der Waals surface area contributed by atoms with E-state index in [1.807, 2.05) is 0 Å². The predicted octanol–water partition coefficient (Wildman–Crippen LogP) is 1.57. The maximum Gasteiger partial charge on any atom is 0.284 e. The summed E-state index contributed by atoms with van der Waals surface area (Å²) in [6.45, 7) is 0.465. The van der Waals surface area contributed by atoms with Crippen LogP contribution in [0.4, 0.5) is 10.2 Å². The van der Waals surface area contributed by atoms with Gasteiger partial charge in [-0.1, -0.05) is 18.1 Å². The third-order valence-electron chi connectivity index (χ3n) is 4.26. The van der Waals surface area contributed by atoms with Crippen molar-refractivity contribution in [2.75, 3.05) is 45.3 Å². The Morgan fingerprint density at radius 3 is 3.06 bits per heavy atom. The number of benzene rings is 1. The maximum atomic E-state index is 12.7. The van der Waals surface area contributed by atoms with Crippen LogP contribution in [0.15, 0.2) is 24.3 Å². The number of nitrogens with two attached hydrogens (primary N) is 1. The van der Waals surface area contributed by atoms with Gasteiger partial charge in [-0.05, 0) is 23.9 Å². The molecule has 0 spiro atoms. The smallest absolute Gasteiger partial charge is 0.284 e. The van der Waals surface area contributed by atoms with Crippen LogP contribution in [0.25, 0.3) is 11.4 Å². The Morgan fingerprint density at radius 2 is 2.32 bits per heavy atom. The van der Waals surface area contributed by atoms with Crippen molar-refractivity contribution in [3.63, 3.8) is 0 Å². The fourth-order valence-electron chi connectivity index (χ4n) is 2.82. The average Bonchev–Trinajstić information content (AvgIpc) is 2.77. The van der Waals surface area contributed by atoms with Gasteiger partial charge in [0.05, 0.1) is 12.7 Å². The first-order valence-corrected chi connectivity index (χ1v) is 9.73. The highest BCUT2D eigenvalue weighted by Gasteiger charge is 2.24. The Balaban J connectivity index is 1.77. The first kappa shape index (κ1) is 22.7. The van der Waals surface area contributed by atoms with Crippen molar-refractivity contribution < 1.29 is 23.5 Å². The lowest BCUT2D eigenvalue weighted by Crippen LogP contribution is -2.41. The molecule has 2 heterocycles. The minimum absolute atomic E-state index is 0.0629. The third kappa shape index (κ3) is 6.02. The lowest BCUT2D eigenvalue weighted by Gasteiger charge is -2.27. The van der Waals surface area contributed by atoms with E-state index in [4.69, 9.17) is 38.2 Å². The van der Waals surface area contributed by atoms with Crippen LogP contribution in [0.3, 0.4) is 0 Å². The van der Waals surface area contributed by atoms with Gasteiger partial charge in [-0.25, -0.2) is 19.3 Å². The molecule has 1 aromatic heterocycles. The van der Waals surface area contributed by atoms with E-state index in [1.54, 1.807) is 28.7 Å². The highest BCUT2D eigenvalue weighted by molar-refractivity contribution is 6.13. The fourth-order valence-corrected chi connectivity index (χ4v) is 3.05. The van der Waals surface area contributed by atoms with E-state index in [1.165, 1.54) is 0 Å². The number of carbonyl (C=O) groups is 1. The summed E-state index contributed by atoms with van der Waals surface area (Å²) >= 11 is 5.94. The number of amides is 1. The second kappa shape index (κ2) is 10.9. The quantitative estimate of drug-likeness (QED) is 0.355. The molecule has 1 atom stereocenters. The van der Waals surface area contributed by atoms with Crippen molar-refractivity contribution in [1.82, 2.24) is 19.9 Å². The molecule has 3 rings (SSSR count). The number of hydroxylamine groups is 1. The van der Waals surface area contributed by atoms with Gasteiger partial charge in [-0.3, -0.25) is 9.63 Å². The number of anilines is 1. The number of halogens is 2. The summed E-state index contributed by atoms with van der Waals surface area (Å²) in [5, 5.41) is 0. The number of terminal acetylenes is 1. The number of morpholine rings is 1. The number of ether oxygens (including phenoxy) is 2. The van der Waals surface area contributed by atoms with Crippen LogP contribution in [0.5, 0.6) is 5.88 Å². The zero-order valence-electron chi connectivity index (χ0n) is 16.5. The van der Waals surface area contributed by atoms with Crippen molar-refractivity contribution in [3.05, 3.63) is 35.4 Å². The zero-order chi connectivity index (χ0) is 22.2. The van der Waals surface area contributed by atoms with Crippen molar-refractivity contribution >= 4 is 23.5 Å². The molecular weight excluding hydrogens is 429 g/mol. The van der Waals surface area contributed by atoms with E-state index in [2.05, 4.69) is 21.4 Å². The molecule has 1 unspecified atom stereocenters. The standard InChI is InChI=1S/C20H21ClFN5O4/c1-2-13-4-3-5-14(10-13)18-24-17(23)16(20(25-18)30-8-6-22)19(28)26-31-12-15-11-27(21)7-9-29-15/h1,3-5,10,15H,6-9,11-12H2,(H,26,28)(H2,23,24,25). The molecule has 11 heteroatoms. The second-order valence-corrected chi connectivity index (χ2v) is 6.96.